The SMILES string of the molecule is CC1C2CN(COCc3ccccc3)CC2=CN1Cc1ccccc1. The van der Waals surface area contributed by atoms with Crippen LogP contribution in [0, 0.1) is 5.92 Å². The Morgan fingerprint density at radius 3 is 2.32 bits per heavy atom. The van der Waals surface area contributed by atoms with Crippen molar-refractivity contribution in [3.63, 3.8) is 0 Å². The molecular formula is C22H26N2O. The second kappa shape index (κ2) is 7.42. The van der Waals surface area contributed by atoms with Gasteiger partial charge in [-0.1, -0.05) is 60.7 Å². The van der Waals surface area contributed by atoms with Gasteiger partial charge in [-0.15, -0.1) is 0 Å². The first kappa shape index (κ1) is 16.4. The summed E-state index contributed by atoms with van der Waals surface area (Å²) in [4.78, 5) is 4.92. The largest absolute Gasteiger partial charge is 0.370 e. The summed E-state index contributed by atoms with van der Waals surface area (Å²) in [5, 5.41) is 0. The highest BCUT2D eigenvalue weighted by atomic mass is 16.5. The Morgan fingerprint density at radius 1 is 0.960 bits per heavy atom. The van der Waals surface area contributed by atoms with Gasteiger partial charge >= 0.3 is 0 Å². The van der Waals surface area contributed by atoms with Crippen molar-refractivity contribution in [3.05, 3.63) is 83.6 Å². The molecule has 1 fully saturated rings. The maximum absolute atomic E-state index is 5.91. The van der Waals surface area contributed by atoms with Gasteiger partial charge in [0.05, 0.1) is 13.3 Å². The van der Waals surface area contributed by atoms with Gasteiger partial charge in [0.1, 0.15) is 0 Å². The Labute approximate surface area is 150 Å². The molecule has 2 aliphatic heterocycles. The lowest BCUT2D eigenvalue weighted by Gasteiger charge is -2.27. The number of hydrogen-bond donors (Lipinski definition) is 0. The van der Waals surface area contributed by atoms with E-state index in [-0.39, 0.29) is 0 Å². The van der Waals surface area contributed by atoms with Gasteiger partial charge in [-0.05, 0) is 23.6 Å². The van der Waals surface area contributed by atoms with Crippen LogP contribution in [0.5, 0.6) is 0 Å². The van der Waals surface area contributed by atoms with E-state index in [9.17, 15) is 0 Å². The first-order valence-corrected chi connectivity index (χ1v) is 9.14. The van der Waals surface area contributed by atoms with Crippen LogP contribution in [0.2, 0.25) is 0 Å². The standard InChI is InChI=1S/C22H26N2O/c1-18-22-15-23(17-25-16-20-10-6-3-7-11-20)13-21(22)14-24(18)12-19-8-4-2-5-9-19/h2-11,14,18,22H,12-13,15-17H2,1H3. The van der Waals surface area contributed by atoms with E-state index in [2.05, 4.69) is 77.5 Å². The van der Waals surface area contributed by atoms with E-state index in [1.807, 2.05) is 6.07 Å². The Kier molecular flexibility index (Phi) is 4.86. The number of hydrogen-bond acceptors (Lipinski definition) is 3. The minimum atomic E-state index is 0.564. The number of benzene rings is 2. The number of nitrogens with zero attached hydrogens (tertiary/aromatic N) is 2. The molecule has 2 atom stereocenters. The number of likely N-dealkylation sites (tertiary alicyclic amines) is 1. The lowest BCUT2D eigenvalue weighted by Crippen LogP contribution is -2.33. The molecule has 2 aromatic rings. The summed E-state index contributed by atoms with van der Waals surface area (Å²) in [6.45, 7) is 6.91. The van der Waals surface area contributed by atoms with Crippen molar-refractivity contribution < 1.29 is 4.74 Å². The zero-order valence-electron chi connectivity index (χ0n) is 14.8. The highest BCUT2D eigenvalue weighted by Gasteiger charge is 2.38. The molecule has 25 heavy (non-hydrogen) atoms. The van der Waals surface area contributed by atoms with Gasteiger partial charge in [0.2, 0.25) is 0 Å². The molecular weight excluding hydrogens is 308 g/mol. The van der Waals surface area contributed by atoms with E-state index in [1.165, 1.54) is 11.1 Å². The molecule has 0 N–H and O–H groups in total. The van der Waals surface area contributed by atoms with Crippen LogP contribution in [-0.4, -0.2) is 35.7 Å². The van der Waals surface area contributed by atoms with Crippen LogP contribution < -0.4 is 0 Å². The molecule has 2 aromatic carbocycles. The first-order valence-electron chi connectivity index (χ1n) is 9.14. The minimum Gasteiger partial charge on any atom is -0.370 e. The summed E-state index contributed by atoms with van der Waals surface area (Å²) >= 11 is 0. The second-order valence-electron chi connectivity index (χ2n) is 7.18. The Morgan fingerprint density at radius 2 is 1.64 bits per heavy atom. The fraction of sp³-hybridized carbons (Fsp3) is 0.364. The highest BCUT2D eigenvalue weighted by Crippen LogP contribution is 2.35. The minimum absolute atomic E-state index is 0.564. The van der Waals surface area contributed by atoms with Crippen molar-refractivity contribution in [2.75, 3.05) is 19.8 Å². The molecule has 0 aliphatic carbocycles. The molecule has 3 nitrogen and oxygen atoms in total. The van der Waals surface area contributed by atoms with Crippen molar-refractivity contribution >= 4 is 0 Å². The van der Waals surface area contributed by atoms with E-state index >= 15 is 0 Å². The van der Waals surface area contributed by atoms with Gasteiger partial charge in [0, 0.05) is 37.8 Å². The van der Waals surface area contributed by atoms with Gasteiger partial charge in [0.15, 0.2) is 0 Å². The Balaban J connectivity index is 1.29. The van der Waals surface area contributed by atoms with Crippen LogP contribution >= 0.6 is 0 Å². The highest BCUT2D eigenvalue weighted by molar-refractivity contribution is 5.24. The molecule has 130 valence electrons. The summed E-state index contributed by atoms with van der Waals surface area (Å²) in [6, 6.07) is 21.7. The van der Waals surface area contributed by atoms with Gasteiger partial charge < -0.3 is 9.64 Å². The third-order valence-electron chi connectivity index (χ3n) is 5.37. The van der Waals surface area contributed by atoms with Crippen LogP contribution in [0.1, 0.15) is 18.1 Å². The molecule has 2 unspecified atom stereocenters. The van der Waals surface area contributed by atoms with Crippen molar-refractivity contribution in [1.29, 1.82) is 0 Å². The van der Waals surface area contributed by atoms with E-state index in [1.54, 1.807) is 5.57 Å². The zero-order chi connectivity index (χ0) is 17.1. The molecule has 0 bridgehead atoms. The smallest absolute Gasteiger partial charge is 0.0997 e. The summed E-state index contributed by atoms with van der Waals surface area (Å²) in [7, 11) is 0. The third kappa shape index (κ3) is 3.78. The summed E-state index contributed by atoms with van der Waals surface area (Å²) in [6.07, 6.45) is 2.39. The zero-order valence-corrected chi connectivity index (χ0v) is 14.8. The second-order valence-corrected chi connectivity index (χ2v) is 7.18. The third-order valence-corrected chi connectivity index (χ3v) is 5.37. The fourth-order valence-electron chi connectivity index (χ4n) is 3.95. The Hall–Kier alpha value is -2.10. The molecule has 0 amide bonds. The number of fused-ring (bicyclic) bond motifs is 1. The maximum atomic E-state index is 5.91. The normalized spacial score (nSPS) is 22.9. The van der Waals surface area contributed by atoms with Gasteiger partial charge in [-0.2, -0.15) is 0 Å². The first-order chi connectivity index (χ1) is 12.3. The van der Waals surface area contributed by atoms with Crippen LogP contribution in [-0.2, 0) is 17.9 Å². The van der Waals surface area contributed by atoms with E-state index < -0.39 is 0 Å². The quantitative estimate of drug-likeness (QED) is 0.797. The van der Waals surface area contributed by atoms with Gasteiger partial charge in [-0.3, -0.25) is 4.90 Å². The monoisotopic (exact) mass is 334 g/mol. The predicted molar refractivity (Wildman–Crippen MR) is 101 cm³/mol. The van der Waals surface area contributed by atoms with Crippen LogP contribution in [0.4, 0.5) is 0 Å². The maximum Gasteiger partial charge on any atom is 0.0997 e. The van der Waals surface area contributed by atoms with E-state index in [4.69, 9.17) is 4.74 Å². The van der Waals surface area contributed by atoms with Crippen LogP contribution in [0.3, 0.4) is 0 Å². The van der Waals surface area contributed by atoms with Crippen LogP contribution in [0.15, 0.2) is 72.4 Å². The molecule has 1 saturated heterocycles. The number of rotatable bonds is 6. The average molecular weight is 334 g/mol. The van der Waals surface area contributed by atoms with Crippen molar-refractivity contribution in [2.45, 2.75) is 26.1 Å². The van der Waals surface area contributed by atoms with Gasteiger partial charge in [-0.25, -0.2) is 0 Å². The lowest BCUT2D eigenvalue weighted by atomic mass is 9.99. The van der Waals surface area contributed by atoms with E-state index in [0.717, 1.165) is 19.6 Å². The van der Waals surface area contributed by atoms with E-state index in [0.29, 0.717) is 25.3 Å². The predicted octanol–water partition coefficient (Wildman–Crippen LogP) is 3.88. The molecule has 0 aromatic heterocycles. The molecule has 3 heteroatoms. The van der Waals surface area contributed by atoms with Crippen molar-refractivity contribution in [3.8, 4) is 0 Å². The molecule has 0 saturated carbocycles. The number of ether oxygens (including phenoxy) is 1. The summed E-state index contributed by atoms with van der Waals surface area (Å²) in [5.41, 5.74) is 4.18. The molecule has 0 radical (unpaired) electrons. The lowest BCUT2D eigenvalue weighted by molar-refractivity contribution is 0.0272. The molecule has 4 rings (SSSR count). The van der Waals surface area contributed by atoms with Gasteiger partial charge in [0.25, 0.3) is 0 Å². The average Bonchev–Trinajstić information content (AvgIpc) is 3.16. The fourth-order valence-corrected chi connectivity index (χ4v) is 3.95. The molecule has 2 heterocycles. The summed E-state index contributed by atoms with van der Waals surface area (Å²) < 4.78 is 5.91. The topological polar surface area (TPSA) is 15.7 Å². The Bertz CT molecular complexity index is 713. The molecule has 0 spiro atoms. The summed E-state index contributed by atoms with van der Waals surface area (Å²) in [5.74, 6) is 0.643. The van der Waals surface area contributed by atoms with Crippen molar-refractivity contribution in [1.82, 2.24) is 9.80 Å². The molecule has 2 aliphatic rings. The van der Waals surface area contributed by atoms with Crippen LogP contribution in [0.25, 0.3) is 0 Å². The van der Waals surface area contributed by atoms with Crippen molar-refractivity contribution in [2.24, 2.45) is 5.92 Å².